The molecule has 0 saturated heterocycles. The number of para-hydroxylation sites is 1. The van der Waals surface area contributed by atoms with E-state index in [2.05, 4.69) is 20.5 Å². The Kier molecular flexibility index (Phi) is 4.16. The van der Waals surface area contributed by atoms with Crippen LogP contribution in [0.5, 0.6) is 0 Å². The van der Waals surface area contributed by atoms with E-state index < -0.39 is 17.4 Å². The molecule has 0 fully saturated rings. The van der Waals surface area contributed by atoms with Crippen molar-refractivity contribution in [1.82, 2.24) is 15.2 Å². The minimum atomic E-state index is -1.35. The fourth-order valence-electron chi connectivity index (χ4n) is 3.96. The Hall–Kier alpha value is -3.19. The molecule has 0 aliphatic heterocycles. The number of carbonyl (C=O) groups is 1. The second-order valence-electron chi connectivity index (χ2n) is 7.10. The summed E-state index contributed by atoms with van der Waals surface area (Å²) in [6, 6.07) is 12.6. The van der Waals surface area contributed by atoms with Crippen molar-refractivity contribution in [3.05, 3.63) is 82.0 Å². The first-order valence-electron chi connectivity index (χ1n) is 8.75. The van der Waals surface area contributed by atoms with Crippen LogP contribution in [0.2, 0.25) is 0 Å². The van der Waals surface area contributed by atoms with Crippen molar-refractivity contribution in [2.24, 2.45) is 5.92 Å². The van der Waals surface area contributed by atoms with Gasteiger partial charge in [-0.2, -0.15) is 0 Å². The lowest BCUT2D eigenvalue weighted by molar-refractivity contribution is -0.130. The number of pyridine rings is 1. The number of nitrogens with zero attached hydrogens (tertiary/aromatic N) is 1. The Labute approximate surface area is 155 Å². The quantitative estimate of drug-likeness (QED) is 0.568. The SMILES string of the molecule is C[C@]1(O)Cc2[nH][nH]c(=O)c2[C@@H](c2cccnc2)[C@@H]1C(=O)Nc1ccccc1. The second-order valence-corrected chi connectivity index (χ2v) is 7.10. The lowest BCUT2D eigenvalue weighted by atomic mass is 9.66. The van der Waals surface area contributed by atoms with E-state index in [9.17, 15) is 14.7 Å². The number of aliphatic hydroxyl groups is 1. The van der Waals surface area contributed by atoms with Crippen LogP contribution < -0.4 is 10.9 Å². The van der Waals surface area contributed by atoms with Crippen LogP contribution in [0.15, 0.2) is 59.7 Å². The van der Waals surface area contributed by atoms with E-state index in [1.165, 1.54) is 0 Å². The van der Waals surface area contributed by atoms with E-state index in [1.807, 2.05) is 24.3 Å². The molecule has 4 N–H and O–H groups in total. The second kappa shape index (κ2) is 6.51. The van der Waals surface area contributed by atoms with Crippen LogP contribution in [-0.4, -0.2) is 31.8 Å². The maximum absolute atomic E-state index is 13.2. The molecule has 7 nitrogen and oxygen atoms in total. The first-order chi connectivity index (χ1) is 13.0. The lowest BCUT2D eigenvalue weighted by Crippen LogP contribution is -2.51. The summed E-state index contributed by atoms with van der Waals surface area (Å²) in [6.45, 7) is 1.62. The number of nitrogens with one attached hydrogen (secondary N) is 3. The maximum Gasteiger partial charge on any atom is 0.267 e. The van der Waals surface area contributed by atoms with Gasteiger partial charge in [0.1, 0.15) is 0 Å². The van der Waals surface area contributed by atoms with Gasteiger partial charge in [-0.1, -0.05) is 24.3 Å². The smallest absolute Gasteiger partial charge is 0.267 e. The number of amides is 1. The topological polar surface area (TPSA) is 111 Å². The van der Waals surface area contributed by atoms with Crippen LogP contribution in [0, 0.1) is 5.92 Å². The Morgan fingerprint density at radius 3 is 2.70 bits per heavy atom. The van der Waals surface area contributed by atoms with Crippen LogP contribution in [0.25, 0.3) is 0 Å². The molecule has 7 heteroatoms. The van der Waals surface area contributed by atoms with Crippen LogP contribution in [0.3, 0.4) is 0 Å². The third-order valence-corrected chi connectivity index (χ3v) is 5.11. The van der Waals surface area contributed by atoms with Gasteiger partial charge in [0, 0.05) is 41.7 Å². The number of aromatic nitrogens is 3. The standard InChI is InChI=1S/C20H20N4O3/c1-20(27)10-14-16(18(25)24-23-14)15(12-6-5-9-21-11-12)17(20)19(26)22-13-7-3-2-4-8-13/h2-9,11,15,17,27H,10H2,1H3,(H,22,26)(H2,23,24,25)/t15-,17-,20+/m1/s1. The summed E-state index contributed by atoms with van der Waals surface area (Å²) >= 11 is 0. The summed E-state index contributed by atoms with van der Waals surface area (Å²) in [6.07, 6.45) is 3.43. The predicted octanol–water partition coefficient (Wildman–Crippen LogP) is 1.79. The van der Waals surface area contributed by atoms with E-state index in [0.29, 0.717) is 22.5 Å². The molecule has 1 aliphatic rings. The van der Waals surface area contributed by atoms with Gasteiger partial charge in [-0.05, 0) is 30.7 Å². The minimum Gasteiger partial charge on any atom is -0.389 e. The molecular formula is C20H20N4O3. The van der Waals surface area contributed by atoms with Gasteiger partial charge in [-0.25, -0.2) is 0 Å². The predicted molar refractivity (Wildman–Crippen MR) is 100 cm³/mol. The van der Waals surface area contributed by atoms with Crippen molar-refractivity contribution in [1.29, 1.82) is 0 Å². The highest BCUT2D eigenvalue weighted by molar-refractivity contribution is 5.94. The van der Waals surface area contributed by atoms with Crippen molar-refractivity contribution in [3.63, 3.8) is 0 Å². The fourth-order valence-corrected chi connectivity index (χ4v) is 3.96. The fraction of sp³-hybridized carbons (Fsp3) is 0.250. The number of hydrogen-bond acceptors (Lipinski definition) is 4. The van der Waals surface area contributed by atoms with Gasteiger partial charge in [-0.3, -0.25) is 19.7 Å². The van der Waals surface area contributed by atoms with Crippen molar-refractivity contribution in [2.75, 3.05) is 5.32 Å². The third-order valence-electron chi connectivity index (χ3n) is 5.11. The first kappa shape index (κ1) is 17.2. The van der Waals surface area contributed by atoms with Crippen molar-refractivity contribution >= 4 is 11.6 Å². The summed E-state index contributed by atoms with van der Waals surface area (Å²) < 4.78 is 0. The largest absolute Gasteiger partial charge is 0.389 e. The molecule has 1 amide bonds. The van der Waals surface area contributed by atoms with Crippen molar-refractivity contribution in [2.45, 2.75) is 24.9 Å². The molecule has 2 heterocycles. The first-order valence-corrected chi connectivity index (χ1v) is 8.75. The maximum atomic E-state index is 13.2. The minimum absolute atomic E-state index is 0.171. The molecule has 27 heavy (non-hydrogen) atoms. The number of H-pyrrole nitrogens is 2. The van der Waals surface area contributed by atoms with E-state index in [1.54, 1.807) is 37.5 Å². The van der Waals surface area contributed by atoms with Gasteiger partial charge in [0.2, 0.25) is 5.91 Å². The van der Waals surface area contributed by atoms with Crippen LogP contribution in [0.1, 0.15) is 29.7 Å². The number of fused-ring (bicyclic) bond motifs is 1. The van der Waals surface area contributed by atoms with E-state index in [0.717, 1.165) is 0 Å². The van der Waals surface area contributed by atoms with Crippen LogP contribution in [0.4, 0.5) is 5.69 Å². The number of hydrogen-bond donors (Lipinski definition) is 4. The molecule has 0 bridgehead atoms. The highest BCUT2D eigenvalue weighted by Gasteiger charge is 2.50. The van der Waals surface area contributed by atoms with Gasteiger partial charge in [-0.15, -0.1) is 0 Å². The van der Waals surface area contributed by atoms with E-state index in [4.69, 9.17) is 0 Å². The third kappa shape index (κ3) is 3.06. The Bertz CT molecular complexity index is 1010. The number of carbonyl (C=O) groups excluding carboxylic acids is 1. The molecule has 1 aromatic carbocycles. The molecule has 0 radical (unpaired) electrons. The number of rotatable bonds is 3. The Balaban J connectivity index is 1.82. The molecule has 0 unspecified atom stereocenters. The van der Waals surface area contributed by atoms with E-state index in [-0.39, 0.29) is 17.9 Å². The van der Waals surface area contributed by atoms with Crippen molar-refractivity contribution in [3.8, 4) is 0 Å². The summed E-state index contributed by atoms with van der Waals surface area (Å²) in [5, 5.41) is 19.4. The lowest BCUT2D eigenvalue weighted by Gasteiger charge is -2.41. The summed E-state index contributed by atoms with van der Waals surface area (Å²) in [7, 11) is 0. The zero-order chi connectivity index (χ0) is 19.0. The van der Waals surface area contributed by atoms with Gasteiger partial charge in [0.25, 0.3) is 5.56 Å². The summed E-state index contributed by atoms with van der Waals surface area (Å²) in [5.41, 5.74) is 0.795. The molecule has 3 atom stereocenters. The number of benzene rings is 1. The number of aromatic amines is 2. The molecule has 0 spiro atoms. The average Bonchev–Trinajstić information content (AvgIpc) is 3.01. The Morgan fingerprint density at radius 1 is 1.22 bits per heavy atom. The highest BCUT2D eigenvalue weighted by atomic mass is 16.3. The van der Waals surface area contributed by atoms with Gasteiger partial charge < -0.3 is 15.5 Å². The molecule has 1 aliphatic carbocycles. The number of anilines is 1. The average molecular weight is 364 g/mol. The molecule has 138 valence electrons. The van der Waals surface area contributed by atoms with Crippen molar-refractivity contribution < 1.29 is 9.90 Å². The van der Waals surface area contributed by atoms with Gasteiger partial charge in [0.15, 0.2) is 0 Å². The summed E-state index contributed by atoms with van der Waals surface area (Å²) in [4.78, 5) is 29.8. The zero-order valence-corrected chi connectivity index (χ0v) is 14.8. The van der Waals surface area contributed by atoms with E-state index >= 15 is 0 Å². The van der Waals surface area contributed by atoms with Gasteiger partial charge >= 0.3 is 0 Å². The molecule has 0 saturated carbocycles. The summed E-state index contributed by atoms with van der Waals surface area (Å²) in [5.74, 6) is -1.81. The molecule has 3 aromatic rings. The zero-order valence-electron chi connectivity index (χ0n) is 14.8. The molecule has 4 rings (SSSR count). The molecule has 2 aromatic heterocycles. The molecular weight excluding hydrogens is 344 g/mol. The van der Waals surface area contributed by atoms with Crippen LogP contribution >= 0.6 is 0 Å². The van der Waals surface area contributed by atoms with Crippen LogP contribution in [-0.2, 0) is 11.2 Å². The normalized spacial score (nSPS) is 24.2. The Morgan fingerprint density at radius 2 is 2.00 bits per heavy atom. The van der Waals surface area contributed by atoms with Gasteiger partial charge in [0.05, 0.1) is 11.5 Å². The highest BCUT2D eigenvalue weighted by Crippen LogP contribution is 2.44. The monoisotopic (exact) mass is 364 g/mol.